The normalized spacial score (nSPS) is 30.0. The van der Waals surface area contributed by atoms with E-state index in [4.69, 9.17) is 16.3 Å². The van der Waals surface area contributed by atoms with Gasteiger partial charge in [-0.2, -0.15) is 0 Å². The van der Waals surface area contributed by atoms with E-state index < -0.39 is 5.82 Å². The number of ether oxygens (including phenoxy) is 1. The largest absolute Gasteiger partial charge is 0.482 e. The summed E-state index contributed by atoms with van der Waals surface area (Å²) >= 11 is 6.15. The third-order valence-corrected chi connectivity index (χ3v) is 7.19. The first kappa shape index (κ1) is 22.1. The molecule has 0 aromatic heterocycles. The number of rotatable bonds is 4. The smallest absolute Gasteiger partial charge is 0.289 e. The van der Waals surface area contributed by atoms with Crippen LogP contribution in [0.4, 0.5) is 4.39 Å². The molecule has 2 saturated carbocycles. The van der Waals surface area contributed by atoms with Gasteiger partial charge in [0, 0.05) is 11.6 Å². The predicted molar refractivity (Wildman–Crippen MR) is 118 cm³/mol. The van der Waals surface area contributed by atoms with E-state index in [9.17, 15) is 14.0 Å². The molecule has 4 rings (SSSR count). The molecule has 4 unspecified atom stereocenters. The Bertz CT molecular complexity index is 854. The van der Waals surface area contributed by atoms with Gasteiger partial charge in [0.1, 0.15) is 18.5 Å². The van der Waals surface area contributed by atoms with E-state index >= 15 is 0 Å². The summed E-state index contributed by atoms with van der Waals surface area (Å²) in [5.74, 6) is -0.540. The van der Waals surface area contributed by atoms with Crippen molar-refractivity contribution in [2.45, 2.75) is 76.5 Å². The van der Waals surface area contributed by atoms with Gasteiger partial charge >= 0.3 is 0 Å². The first-order chi connectivity index (χ1) is 14.9. The Balaban J connectivity index is 1.55. The van der Waals surface area contributed by atoms with Crippen LogP contribution in [-0.4, -0.2) is 41.4 Å². The van der Waals surface area contributed by atoms with E-state index in [1.54, 1.807) is 11.0 Å². The predicted octanol–water partition coefficient (Wildman–Crippen LogP) is 4.68. The van der Waals surface area contributed by atoms with Crippen LogP contribution in [0.3, 0.4) is 0 Å². The van der Waals surface area contributed by atoms with Crippen molar-refractivity contribution in [3.8, 4) is 0 Å². The Morgan fingerprint density at radius 3 is 2.74 bits per heavy atom. The van der Waals surface area contributed by atoms with Crippen molar-refractivity contribution in [1.29, 1.82) is 0 Å². The van der Waals surface area contributed by atoms with Gasteiger partial charge < -0.3 is 15.0 Å². The van der Waals surface area contributed by atoms with Gasteiger partial charge in [0.2, 0.25) is 5.91 Å². The molecule has 1 aromatic carbocycles. The molecule has 1 saturated heterocycles. The fourth-order valence-electron chi connectivity index (χ4n) is 5.08. The molecule has 3 fully saturated rings. The van der Waals surface area contributed by atoms with Crippen LogP contribution in [0, 0.1) is 11.7 Å². The quantitative estimate of drug-likeness (QED) is 0.680. The molecule has 0 bridgehead atoms. The average molecular weight is 449 g/mol. The van der Waals surface area contributed by atoms with Crippen LogP contribution < -0.4 is 5.32 Å². The molecule has 31 heavy (non-hydrogen) atoms. The first-order valence-corrected chi connectivity index (χ1v) is 11.7. The zero-order valence-electron chi connectivity index (χ0n) is 17.9. The molecule has 2 aliphatic carbocycles. The minimum atomic E-state index is -0.516. The number of benzene rings is 1. The van der Waals surface area contributed by atoms with E-state index in [-0.39, 0.29) is 52.9 Å². The highest BCUT2D eigenvalue weighted by molar-refractivity contribution is 6.32. The van der Waals surface area contributed by atoms with Crippen LogP contribution in [0.5, 0.6) is 0 Å². The summed E-state index contributed by atoms with van der Waals surface area (Å²) in [4.78, 5) is 27.8. The fraction of sp³-hybridized carbons (Fsp3) is 0.583. The van der Waals surface area contributed by atoms with E-state index in [0.29, 0.717) is 5.92 Å². The van der Waals surface area contributed by atoms with Crippen LogP contribution in [0.2, 0.25) is 5.02 Å². The topological polar surface area (TPSA) is 58.6 Å². The van der Waals surface area contributed by atoms with Gasteiger partial charge in [0.15, 0.2) is 5.76 Å². The molecule has 0 spiro atoms. The van der Waals surface area contributed by atoms with E-state index in [1.165, 1.54) is 24.6 Å². The number of morpholine rings is 1. The Kier molecular flexibility index (Phi) is 6.85. The van der Waals surface area contributed by atoms with Gasteiger partial charge in [-0.25, -0.2) is 4.39 Å². The summed E-state index contributed by atoms with van der Waals surface area (Å²) in [5.41, 5.74) is 0.127. The third kappa shape index (κ3) is 4.89. The minimum Gasteiger partial charge on any atom is -0.482 e. The highest BCUT2D eigenvalue weighted by Gasteiger charge is 2.42. The van der Waals surface area contributed by atoms with E-state index in [2.05, 4.69) is 12.2 Å². The standard InChI is InChI=1S/C24H30ClFN2O3/c1-15-7-2-3-10-19(15)27-23(29)14-28-20-11-4-5-12-21(20)31-22(24(28)30)13-16-17(25)8-6-9-18(16)26/h6,8-9,13,15,19-21H,2-5,7,10-12,14H2,1H3,(H,27,29)/b22-13-. The molecule has 4 atom stereocenters. The molecular weight excluding hydrogens is 419 g/mol. The average Bonchev–Trinajstić information content (AvgIpc) is 2.75. The number of fused-ring (bicyclic) bond motifs is 1. The Labute approximate surface area is 188 Å². The molecule has 1 aliphatic heterocycles. The van der Waals surface area contributed by atoms with Crippen LogP contribution in [-0.2, 0) is 14.3 Å². The molecule has 1 heterocycles. The van der Waals surface area contributed by atoms with Crippen molar-refractivity contribution >= 4 is 29.5 Å². The highest BCUT2D eigenvalue weighted by Crippen LogP contribution is 2.34. The van der Waals surface area contributed by atoms with Crippen molar-refractivity contribution in [3.63, 3.8) is 0 Å². The lowest BCUT2D eigenvalue weighted by Gasteiger charge is -2.44. The Morgan fingerprint density at radius 2 is 1.97 bits per heavy atom. The summed E-state index contributed by atoms with van der Waals surface area (Å²) in [5, 5.41) is 3.35. The SMILES string of the molecule is CC1CCCCC1NC(=O)CN1C(=O)/C(=C/c2c(F)cccc2Cl)OC2CCCCC21. The molecule has 168 valence electrons. The third-order valence-electron chi connectivity index (χ3n) is 6.86. The zero-order chi connectivity index (χ0) is 22.0. The summed E-state index contributed by atoms with van der Waals surface area (Å²) < 4.78 is 20.3. The number of hydrogen-bond acceptors (Lipinski definition) is 3. The lowest BCUT2D eigenvalue weighted by Crippen LogP contribution is -2.57. The number of nitrogens with one attached hydrogen (secondary N) is 1. The maximum Gasteiger partial charge on any atom is 0.289 e. The summed E-state index contributed by atoms with van der Waals surface area (Å²) in [6, 6.07) is 4.41. The zero-order valence-corrected chi connectivity index (χ0v) is 18.7. The number of hydrogen-bond donors (Lipinski definition) is 1. The molecule has 0 radical (unpaired) electrons. The van der Waals surface area contributed by atoms with Gasteiger partial charge in [-0.15, -0.1) is 0 Å². The van der Waals surface area contributed by atoms with Crippen molar-refractivity contribution in [2.75, 3.05) is 6.54 Å². The molecule has 1 aromatic rings. The van der Waals surface area contributed by atoms with E-state index in [1.807, 2.05) is 0 Å². The van der Waals surface area contributed by atoms with Crippen LogP contribution in [0.25, 0.3) is 6.08 Å². The van der Waals surface area contributed by atoms with Crippen LogP contribution >= 0.6 is 11.6 Å². The Hall–Kier alpha value is -2.08. The molecule has 2 amide bonds. The second kappa shape index (κ2) is 9.60. The van der Waals surface area contributed by atoms with Gasteiger partial charge in [0.05, 0.1) is 11.1 Å². The van der Waals surface area contributed by atoms with Gasteiger partial charge in [-0.05, 0) is 56.2 Å². The lowest BCUT2D eigenvalue weighted by molar-refractivity contribution is -0.152. The maximum atomic E-state index is 14.3. The second-order valence-electron chi connectivity index (χ2n) is 9.02. The summed E-state index contributed by atoms with van der Waals surface area (Å²) in [6.45, 7) is 2.16. The second-order valence-corrected chi connectivity index (χ2v) is 9.43. The fourth-order valence-corrected chi connectivity index (χ4v) is 5.30. The number of amides is 2. The van der Waals surface area contributed by atoms with Gasteiger partial charge in [-0.1, -0.05) is 43.9 Å². The first-order valence-electron chi connectivity index (χ1n) is 11.4. The number of carbonyl (C=O) groups excluding carboxylic acids is 2. The number of halogens is 2. The van der Waals surface area contributed by atoms with Gasteiger partial charge in [0.25, 0.3) is 5.91 Å². The molecule has 5 nitrogen and oxygen atoms in total. The molecule has 3 aliphatic rings. The van der Waals surface area contributed by atoms with Crippen LogP contribution in [0.15, 0.2) is 24.0 Å². The molecule has 1 N–H and O–H groups in total. The molecular formula is C24H30ClFN2O3. The monoisotopic (exact) mass is 448 g/mol. The number of carbonyl (C=O) groups is 2. The minimum absolute atomic E-state index is 0.00504. The van der Waals surface area contributed by atoms with E-state index in [0.717, 1.165) is 44.9 Å². The van der Waals surface area contributed by atoms with Crippen molar-refractivity contribution in [1.82, 2.24) is 10.2 Å². The summed E-state index contributed by atoms with van der Waals surface area (Å²) in [6.07, 6.45) is 9.20. The molecule has 7 heteroatoms. The van der Waals surface area contributed by atoms with Gasteiger partial charge in [-0.3, -0.25) is 9.59 Å². The Morgan fingerprint density at radius 1 is 1.23 bits per heavy atom. The number of nitrogens with zero attached hydrogens (tertiary/aromatic N) is 1. The maximum absolute atomic E-state index is 14.3. The van der Waals surface area contributed by atoms with Crippen molar-refractivity contribution in [2.24, 2.45) is 5.92 Å². The van der Waals surface area contributed by atoms with Crippen LogP contribution in [0.1, 0.15) is 63.9 Å². The van der Waals surface area contributed by atoms with Crippen molar-refractivity contribution in [3.05, 3.63) is 40.4 Å². The lowest BCUT2D eigenvalue weighted by atomic mass is 9.86. The summed E-state index contributed by atoms with van der Waals surface area (Å²) in [7, 11) is 0. The van der Waals surface area contributed by atoms with Crippen molar-refractivity contribution < 1.29 is 18.7 Å². The highest BCUT2D eigenvalue weighted by atomic mass is 35.5.